The molecule has 1 atom stereocenters. The molecule has 0 amide bonds. The van der Waals surface area contributed by atoms with Crippen molar-refractivity contribution in [1.29, 1.82) is 0 Å². The van der Waals surface area contributed by atoms with Crippen molar-refractivity contribution in [3.63, 3.8) is 0 Å². The van der Waals surface area contributed by atoms with Gasteiger partial charge in [-0.1, -0.05) is 0 Å². The highest BCUT2D eigenvalue weighted by Gasteiger charge is 2.17. The zero-order chi connectivity index (χ0) is 17.7. The number of carboxylic acid groups (broad SMARTS) is 1. The Balaban J connectivity index is 2.13. The van der Waals surface area contributed by atoms with Crippen molar-refractivity contribution in [2.24, 2.45) is 5.73 Å². The van der Waals surface area contributed by atoms with Crippen LogP contribution >= 0.6 is 0 Å². The van der Waals surface area contributed by atoms with Crippen LogP contribution in [-0.2, 0) is 14.8 Å². The molecule has 0 unspecified atom stereocenters. The molecular weight excluding hydrogens is 336 g/mol. The molecule has 24 heavy (non-hydrogen) atoms. The van der Waals surface area contributed by atoms with Gasteiger partial charge in [-0.25, -0.2) is 23.1 Å². The Morgan fingerprint density at radius 1 is 1.29 bits per heavy atom. The minimum absolute atomic E-state index is 0.0264. The van der Waals surface area contributed by atoms with Crippen molar-refractivity contribution in [2.45, 2.75) is 17.4 Å². The molecule has 0 saturated heterocycles. The molecule has 10 heteroatoms. The van der Waals surface area contributed by atoms with Crippen LogP contribution in [0, 0.1) is 0 Å². The zero-order valence-corrected chi connectivity index (χ0v) is 13.5. The molecule has 0 aliphatic carbocycles. The molecular formula is C14H16N4O5S. The minimum atomic E-state index is -3.85. The van der Waals surface area contributed by atoms with E-state index in [0.29, 0.717) is 11.3 Å². The van der Waals surface area contributed by atoms with Crippen LogP contribution in [0.4, 0.5) is 5.95 Å². The van der Waals surface area contributed by atoms with Gasteiger partial charge in [-0.05, 0) is 24.3 Å². The van der Waals surface area contributed by atoms with Crippen molar-refractivity contribution in [1.82, 2.24) is 9.97 Å². The third kappa shape index (κ3) is 4.40. The van der Waals surface area contributed by atoms with E-state index >= 15 is 0 Å². The van der Waals surface area contributed by atoms with Gasteiger partial charge in [0.2, 0.25) is 5.95 Å². The lowest BCUT2D eigenvalue weighted by Crippen LogP contribution is -2.17. The van der Waals surface area contributed by atoms with Crippen LogP contribution in [0.25, 0.3) is 0 Å². The number of aliphatic carboxylic acids is 1. The van der Waals surface area contributed by atoms with Gasteiger partial charge < -0.3 is 15.6 Å². The van der Waals surface area contributed by atoms with Crippen LogP contribution in [0.5, 0.6) is 5.75 Å². The molecule has 0 bridgehead atoms. The van der Waals surface area contributed by atoms with Crippen LogP contribution in [0.3, 0.4) is 0 Å². The molecule has 4 N–H and O–H groups in total. The fraction of sp³-hybridized carbons (Fsp3) is 0.214. The third-order valence-corrected chi connectivity index (χ3v) is 4.43. The van der Waals surface area contributed by atoms with Crippen LogP contribution < -0.4 is 15.2 Å². The molecule has 128 valence electrons. The number of benzene rings is 1. The Morgan fingerprint density at radius 3 is 2.38 bits per heavy atom. The Hall–Kier alpha value is -2.72. The van der Waals surface area contributed by atoms with Crippen LogP contribution in [-0.4, -0.2) is 36.6 Å². The summed E-state index contributed by atoms with van der Waals surface area (Å²) in [7, 11) is -2.37. The number of nitrogens with one attached hydrogen (secondary N) is 1. The number of rotatable bonds is 7. The van der Waals surface area contributed by atoms with Gasteiger partial charge in [0.05, 0.1) is 18.4 Å². The number of hydrogen-bond acceptors (Lipinski definition) is 7. The number of aromatic nitrogens is 2. The van der Waals surface area contributed by atoms with Crippen molar-refractivity contribution in [3.05, 3.63) is 42.2 Å². The second kappa shape index (κ2) is 7.23. The van der Waals surface area contributed by atoms with E-state index in [1.165, 1.54) is 43.8 Å². The second-order valence-corrected chi connectivity index (χ2v) is 6.51. The quantitative estimate of drug-likeness (QED) is 0.662. The summed E-state index contributed by atoms with van der Waals surface area (Å²) in [6.07, 6.45) is 2.29. The molecule has 0 spiro atoms. The second-order valence-electron chi connectivity index (χ2n) is 4.83. The number of nitrogens with zero attached hydrogens (tertiary/aromatic N) is 2. The Bertz CT molecular complexity index is 806. The van der Waals surface area contributed by atoms with Gasteiger partial charge in [-0.2, -0.15) is 0 Å². The Kier molecular flexibility index (Phi) is 5.31. The molecule has 1 aromatic heterocycles. The molecule has 1 aromatic carbocycles. The van der Waals surface area contributed by atoms with E-state index < -0.39 is 22.0 Å². The number of anilines is 1. The van der Waals surface area contributed by atoms with E-state index in [9.17, 15) is 13.2 Å². The molecule has 0 saturated carbocycles. The lowest BCUT2D eigenvalue weighted by atomic mass is 10.1. The molecule has 0 radical (unpaired) electrons. The van der Waals surface area contributed by atoms with E-state index in [2.05, 4.69) is 14.7 Å². The van der Waals surface area contributed by atoms with E-state index in [1.54, 1.807) is 0 Å². The van der Waals surface area contributed by atoms with Crippen molar-refractivity contribution >= 4 is 21.9 Å². The standard InChI is InChI=1S/C14H16N4O5S/c1-23-10-2-4-11(5-3-10)24(21,22)18-14-16-7-9(8-17-14)12(15)6-13(19)20/h2-5,7-8,12H,6,15H2,1H3,(H,19,20)(H,16,17,18)/t12-/m1/s1. The highest BCUT2D eigenvalue weighted by Crippen LogP contribution is 2.18. The molecule has 0 aliphatic heterocycles. The minimum Gasteiger partial charge on any atom is -0.497 e. The first-order valence-electron chi connectivity index (χ1n) is 6.78. The van der Waals surface area contributed by atoms with Crippen molar-refractivity contribution in [2.75, 3.05) is 11.8 Å². The van der Waals surface area contributed by atoms with Crippen LogP contribution in [0.2, 0.25) is 0 Å². The normalized spacial score (nSPS) is 12.4. The van der Waals surface area contributed by atoms with E-state index in [1.807, 2.05) is 0 Å². The summed E-state index contributed by atoms with van der Waals surface area (Å²) < 4.78 is 31.7. The number of nitrogens with two attached hydrogens (primary N) is 1. The lowest BCUT2D eigenvalue weighted by molar-refractivity contribution is -0.137. The average Bonchev–Trinajstić information content (AvgIpc) is 2.54. The number of carboxylic acids is 1. The first kappa shape index (κ1) is 17.6. The summed E-state index contributed by atoms with van der Waals surface area (Å²) >= 11 is 0. The topological polar surface area (TPSA) is 144 Å². The summed E-state index contributed by atoms with van der Waals surface area (Å²) in [5, 5.41) is 8.69. The number of carbonyl (C=O) groups is 1. The molecule has 0 aliphatic rings. The maximum atomic E-state index is 12.2. The molecule has 9 nitrogen and oxygen atoms in total. The number of ether oxygens (including phenoxy) is 1. The maximum absolute atomic E-state index is 12.2. The van der Waals surface area contributed by atoms with Crippen LogP contribution in [0.1, 0.15) is 18.0 Å². The summed E-state index contributed by atoms with van der Waals surface area (Å²) in [6, 6.07) is 5.04. The molecule has 0 fully saturated rings. The fourth-order valence-electron chi connectivity index (χ4n) is 1.82. The van der Waals surface area contributed by atoms with E-state index in [-0.39, 0.29) is 17.3 Å². The number of methoxy groups -OCH3 is 1. The SMILES string of the molecule is COc1ccc(S(=O)(=O)Nc2ncc([C@H](N)CC(=O)O)cn2)cc1. The molecule has 2 aromatic rings. The number of hydrogen-bond donors (Lipinski definition) is 3. The van der Waals surface area contributed by atoms with Crippen molar-refractivity contribution < 1.29 is 23.1 Å². The average molecular weight is 352 g/mol. The highest BCUT2D eigenvalue weighted by molar-refractivity contribution is 7.92. The van der Waals surface area contributed by atoms with Crippen LogP contribution in [0.15, 0.2) is 41.6 Å². The van der Waals surface area contributed by atoms with Gasteiger partial charge in [0, 0.05) is 24.0 Å². The fourth-order valence-corrected chi connectivity index (χ4v) is 2.78. The largest absolute Gasteiger partial charge is 0.497 e. The summed E-state index contributed by atoms with van der Waals surface area (Å²) in [4.78, 5) is 18.4. The summed E-state index contributed by atoms with van der Waals surface area (Å²) in [5.41, 5.74) is 6.07. The van der Waals surface area contributed by atoms with E-state index in [4.69, 9.17) is 15.6 Å². The van der Waals surface area contributed by atoms with Gasteiger partial charge in [-0.3, -0.25) is 4.79 Å². The monoisotopic (exact) mass is 352 g/mol. The Morgan fingerprint density at radius 2 is 1.88 bits per heavy atom. The predicted molar refractivity (Wildman–Crippen MR) is 85.0 cm³/mol. The highest BCUT2D eigenvalue weighted by atomic mass is 32.2. The third-order valence-electron chi connectivity index (χ3n) is 3.09. The molecule has 1 heterocycles. The number of sulfonamides is 1. The zero-order valence-electron chi connectivity index (χ0n) is 12.7. The lowest BCUT2D eigenvalue weighted by Gasteiger charge is -2.10. The summed E-state index contributed by atoms with van der Waals surface area (Å²) in [6.45, 7) is 0. The smallest absolute Gasteiger partial charge is 0.305 e. The first-order valence-corrected chi connectivity index (χ1v) is 8.26. The Labute approximate surface area is 138 Å². The van der Waals surface area contributed by atoms with Gasteiger partial charge in [0.15, 0.2) is 0 Å². The van der Waals surface area contributed by atoms with Gasteiger partial charge >= 0.3 is 5.97 Å². The van der Waals surface area contributed by atoms with Gasteiger partial charge in [-0.15, -0.1) is 0 Å². The maximum Gasteiger partial charge on any atom is 0.305 e. The van der Waals surface area contributed by atoms with Crippen molar-refractivity contribution in [3.8, 4) is 5.75 Å². The van der Waals surface area contributed by atoms with E-state index in [0.717, 1.165) is 0 Å². The molecule has 2 rings (SSSR count). The van der Waals surface area contributed by atoms with Gasteiger partial charge in [0.25, 0.3) is 10.0 Å². The van der Waals surface area contributed by atoms with Gasteiger partial charge in [0.1, 0.15) is 5.75 Å². The predicted octanol–water partition coefficient (Wildman–Crippen LogP) is 0.760. The first-order chi connectivity index (χ1) is 11.3. The summed E-state index contributed by atoms with van der Waals surface area (Å²) in [5.74, 6) is -0.661.